The summed E-state index contributed by atoms with van der Waals surface area (Å²) in [6, 6.07) is 8.07. The van der Waals surface area contributed by atoms with Crippen molar-refractivity contribution < 1.29 is 0 Å². The van der Waals surface area contributed by atoms with Crippen LogP contribution in [0.3, 0.4) is 0 Å². The molecule has 0 aliphatic rings. The Balaban J connectivity index is 2.89. The highest BCUT2D eigenvalue weighted by molar-refractivity contribution is 5.45. The molecule has 0 aromatic heterocycles. The molecular weight excluding hydrogens is 160 g/mol. The molecule has 0 bridgehead atoms. The van der Waals surface area contributed by atoms with Crippen molar-refractivity contribution in [2.75, 3.05) is 5.73 Å². The van der Waals surface area contributed by atoms with Crippen molar-refractivity contribution in [3.05, 3.63) is 29.3 Å². The Kier molecular flexibility index (Phi) is 3.33. The van der Waals surface area contributed by atoms with E-state index in [1.165, 1.54) is 11.1 Å². The number of anilines is 1. The summed E-state index contributed by atoms with van der Waals surface area (Å²) in [4.78, 5) is 0. The van der Waals surface area contributed by atoms with Crippen molar-refractivity contribution in [1.29, 1.82) is 5.26 Å². The number of hydrogen-bond acceptors (Lipinski definition) is 2. The molecule has 0 fully saturated rings. The molecule has 0 heterocycles. The van der Waals surface area contributed by atoms with Gasteiger partial charge in [0.25, 0.3) is 0 Å². The van der Waals surface area contributed by atoms with E-state index in [1.54, 1.807) is 0 Å². The number of nitrogens with zero attached hydrogens (tertiary/aromatic N) is 1. The molecule has 0 spiro atoms. The fourth-order valence-corrected chi connectivity index (χ4v) is 1.41. The highest BCUT2D eigenvalue weighted by atomic mass is 14.5. The number of aryl methyl sites for hydroxylation is 2. The van der Waals surface area contributed by atoms with Crippen LogP contribution in [0, 0.1) is 11.3 Å². The van der Waals surface area contributed by atoms with Crippen LogP contribution < -0.4 is 5.73 Å². The molecule has 1 rings (SSSR count). The van der Waals surface area contributed by atoms with Crippen molar-refractivity contribution in [1.82, 2.24) is 0 Å². The fraction of sp³-hybridized carbons (Fsp3) is 0.364. The van der Waals surface area contributed by atoms with Gasteiger partial charge in [0.15, 0.2) is 0 Å². The van der Waals surface area contributed by atoms with Crippen LogP contribution in [0.2, 0.25) is 0 Å². The van der Waals surface area contributed by atoms with E-state index in [4.69, 9.17) is 11.0 Å². The number of hydrogen-bond donors (Lipinski definition) is 1. The van der Waals surface area contributed by atoms with E-state index in [0.717, 1.165) is 18.5 Å². The number of benzene rings is 1. The molecule has 1 aromatic carbocycles. The Morgan fingerprint density at radius 1 is 1.38 bits per heavy atom. The van der Waals surface area contributed by atoms with Gasteiger partial charge in [-0.3, -0.25) is 0 Å². The topological polar surface area (TPSA) is 49.8 Å². The summed E-state index contributed by atoms with van der Waals surface area (Å²) in [6.07, 6.45) is 2.38. The molecule has 0 radical (unpaired) electrons. The van der Waals surface area contributed by atoms with Gasteiger partial charge in [-0.25, -0.2) is 0 Å². The average Bonchev–Trinajstić information content (AvgIpc) is 2.15. The van der Waals surface area contributed by atoms with Crippen LogP contribution >= 0.6 is 0 Å². The van der Waals surface area contributed by atoms with Crippen LogP contribution in [0.15, 0.2) is 18.2 Å². The molecule has 2 N–H and O–H groups in total. The number of nitrogen functional groups attached to an aromatic ring is 1. The largest absolute Gasteiger partial charge is 0.399 e. The Morgan fingerprint density at radius 3 is 2.77 bits per heavy atom. The third kappa shape index (κ3) is 2.48. The lowest BCUT2D eigenvalue weighted by atomic mass is 10.0. The second-order valence-corrected chi connectivity index (χ2v) is 3.04. The first-order chi connectivity index (χ1) is 6.27. The van der Waals surface area contributed by atoms with E-state index in [0.29, 0.717) is 6.42 Å². The van der Waals surface area contributed by atoms with E-state index in [1.807, 2.05) is 18.2 Å². The van der Waals surface area contributed by atoms with Gasteiger partial charge in [0.2, 0.25) is 0 Å². The lowest BCUT2D eigenvalue weighted by Gasteiger charge is -2.06. The molecular formula is C11H14N2. The third-order valence-corrected chi connectivity index (χ3v) is 2.12. The Morgan fingerprint density at radius 2 is 2.15 bits per heavy atom. The van der Waals surface area contributed by atoms with Crippen molar-refractivity contribution >= 4 is 5.69 Å². The predicted octanol–water partition coefficient (Wildman–Crippen LogP) is 2.29. The van der Waals surface area contributed by atoms with Gasteiger partial charge in [-0.15, -0.1) is 0 Å². The summed E-state index contributed by atoms with van der Waals surface area (Å²) in [5, 5.41) is 8.48. The zero-order valence-electron chi connectivity index (χ0n) is 7.88. The Bertz CT molecular complexity index is 323. The highest BCUT2D eigenvalue weighted by Gasteiger charge is 2.00. The maximum atomic E-state index is 8.48. The summed E-state index contributed by atoms with van der Waals surface area (Å²) in [5.74, 6) is 0. The summed E-state index contributed by atoms with van der Waals surface area (Å²) < 4.78 is 0. The van der Waals surface area contributed by atoms with Crippen molar-refractivity contribution in [3.63, 3.8) is 0 Å². The summed E-state index contributed by atoms with van der Waals surface area (Å²) in [7, 11) is 0. The monoisotopic (exact) mass is 174 g/mol. The summed E-state index contributed by atoms with van der Waals surface area (Å²) >= 11 is 0. The van der Waals surface area contributed by atoms with Gasteiger partial charge in [-0.1, -0.05) is 13.0 Å². The molecule has 2 heteroatoms. The molecule has 0 saturated heterocycles. The first-order valence-corrected chi connectivity index (χ1v) is 4.52. The standard InChI is InChI=1S/C11H14N2/c1-2-9-5-6-11(13)8-10(9)4-3-7-12/h5-6,8H,2-4,13H2,1H3. The van der Waals surface area contributed by atoms with Gasteiger partial charge in [-0.05, 0) is 36.1 Å². The molecule has 68 valence electrons. The van der Waals surface area contributed by atoms with Crippen LogP contribution in [0.25, 0.3) is 0 Å². The van der Waals surface area contributed by atoms with Gasteiger partial charge < -0.3 is 5.73 Å². The van der Waals surface area contributed by atoms with Crippen molar-refractivity contribution in [2.24, 2.45) is 0 Å². The van der Waals surface area contributed by atoms with Crippen molar-refractivity contribution in [2.45, 2.75) is 26.2 Å². The van der Waals surface area contributed by atoms with E-state index >= 15 is 0 Å². The molecule has 0 unspecified atom stereocenters. The Hall–Kier alpha value is -1.49. The van der Waals surface area contributed by atoms with E-state index in [-0.39, 0.29) is 0 Å². The molecule has 1 aromatic rings. The van der Waals surface area contributed by atoms with Gasteiger partial charge >= 0.3 is 0 Å². The average molecular weight is 174 g/mol. The number of nitrogens with two attached hydrogens (primary N) is 1. The SMILES string of the molecule is CCc1ccc(N)cc1CCC#N. The molecule has 0 saturated carbocycles. The van der Waals surface area contributed by atoms with Crippen LogP contribution in [-0.4, -0.2) is 0 Å². The summed E-state index contributed by atoms with van der Waals surface area (Å²) in [6.45, 7) is 2.11. The van der Waals surface area contributed by atoms with Gasteiger partial charge in [-0.2, -0.15) is 5.26 Å². The van der Waals surface area contributed by atoms with Crippen LogP contribution in [0.1, 0.15) is 24.5 Å². The number of nitriles is 1. The lowest BCUT2D eigenvalue weighted by Crippen LogP contribution is -1.95. The maximum Gasteiger partial charge on any atom is 0.0625 e. The minimum absolute atomic E-state index is 0.566. The normalized spacial score (nSPS) is 9.54. The second kappa shape index (κ2) is 4.51. The first-order valence-electron chi connectivity index (χ1n) is 4.52. The molecule has 0 atom stereocenters. The quantitative estimate of drug-likeness (QED) is 0.715. The predicted molar refractivity (Wildman–Crippen MR) is 54.2 cm³/mol. The summed E-state index contributed by atoms with van der Waals surface area (Å²) in [5.41, 5.74) is 8.96. The highest BCUT2D eigenvalue weighted by Crippen LogP contribution is 2.15. The maximum absolute atomic E-state index is 8.48. The van der Waals surface area contributed by atoms with Crippen LogP contribution in [0.5, 0.6) is 0 Å². The van der Waals surface area contributed by atoms with E-state index in [9.17, 15) is 0 Å². The van der Waals surface area contributed by atoms with Crippen molar-refractivity contribution in [3.8, 4) is 6.07 Å². The minimum Gasteiger partial charge on any atom is -0.399 e. The molecule has 0 amide bonds. The van der Waals surface area contributed by atoms with E-state index < -0.39 is 0 Å². The Labute approximate surface area is 79.0 Å². The van der Waals surface area contributed by atoms with Gasteiger partial charge in [0.1, 0.15) is 0 Å². The second-order valence-electron chi connectivity index (χ2n) is 3.04. The molecule has 13 heavy (non-hydrogen) atoms. The van der Waals surface area contributed by atoms with Gasteiger partial charge in [0.05, 0.1) is 6.07 Å². The molecule has 0 aliphatic heterocycles. The first kappa shape index (κ1) is 9.60. The number of rotatable bonds is 3. The lowest BCUT2D eigenvalue weighted by molar-refractivity contribution is 0.969. The molecule has 0 aliphatic carbocycles. The minimum atomic E-state index is 0.566. The van der Waals surface area contributed by atoms with Crippen LogP contribution in [0.4, 0.5) is 5.69 Å². The molecule has 2 nitrogen and oxygen atoms in total. The third-order valence-electron chi connectivity index (χ3n) is 2.12. The van der Waals surface area contributed by atoms with Gasteiger partial charge in [0, 0.05) is 12.1 Å². The smallest absolute Gasteiger partial charge is 0.0625 e. The zero-order valence-corrected chi connectivity index (χ0v) is 7.88. The van der Waals surface area contributed by atoms with Crippen LogP contribution in [-0.2, 0) is 12.8 Å². The zero-order chi connectivity index (χ0) is 9.68. The van der Waals surface area contributed by atoms with E-state index in [2.05, 4.69) is 13.0 Å². The fourth-order valence-electron chi connectivity index (χ4n) is 1.41.